The van der Waals surface area contributed by atoms with Crippen molar-refractivity contribution in [2.75, 3.05) is 20.8 Å². The van der Waals surface area contributed by atoms with Crippen LogP contribution < -0.4 is 0 Å². The quantitative estimate of drug-likeness (QED) is 0.499. The average Bonchev–Trinajstić information content (AvgIpc) is 2.30. The molecule has 2 unspecified atom stereocenters. The fraction of sp³-hybridized carbons (Fsp3) is 1.00. The number of unbranched alkanes of at least 4 members (excludes halogenated alkanes) is 4. The molecule has 0 saturated heterocycles. The van der Waals surface area contributed by atoms with E-state index < -0.39 is 0 Å². The van der Waals surface area contributed by atoms with Crippen molar-refractivity contribution >= 4 is 0 Å². The van der Waals surface area contributed by atoms with Crippen molar-refractivity contribution in [1.29, 1.82) is 0 Å². The van der Waals surface area contributed by atoms with Gasteiger partial charge in [-0.2, -0.15) is 0 Å². The van der Waals surface area contributed by atoms with E-state index in [9.17, 15) is 0 Å². The largest absolute Gasteiger partial charge is 0.384 e. The Bertz CT molecular complexity index is 133. The predicted octanol–water partition coefficient (Wildman–Crippen LogP) is 4.03. The molecule has 0 aromatic rings. The van der Waals surface area contributed by atoms with Gasteiger partial charge in [-0.3, -0.25) is 0 Å². The molecule has 0 heterocycles. The van der Waals surface area contributed by atoms with Crippen molar-refractivity contribution in [3.63, 3.8) is 0 Å². The minimum absolute atomic E-state index is 0.367. The smallest absolute Gasteiger partial charge is 0.0618 e. The van der Waals surface area contributed by atoms with Gasteiger partial charge in [-0.25, -0.2) is 0 Å². The molecule has 0 aliphatic heterocycles. The first-order chi connectivity index (χ1) is 7.79. The van der Waals surface area contributed by atoms with Gasteiger partial charge in [0.05, 0.1) is 12.7 Å². The molecule has 0 spiro atoms. The Morgan fingerprint density at radius 1 is 0.938 bits per heavy atom. The van der Waals surface area contributed by atoms with Crippen molar-refractivity contribution in [2.45, 2.75) is 64.9 Å². The Balaban J connectivity index is 3.74. The van der Waals surface area contributed by atoms with Gasteiger partial charge in [0.2, 0.25) is 0 Å². The molecule has 0 aliphatic rings. The number of hydrogen-bond donors (Lipinski definition) is 0. The Morgan fingerprint density at radius 2 is 1.62 bits per heavy atom. The first-order valence-corrected chi connectivity index (χ1v) is 6.81. The van der Waals surface area contributed by atoms with Crippen molar-refractivity contribution in [2.24, 2.45) is 5.92 Å². The van der Waals surface area contributed by atoms with Crippen LogP contribution in [0, 0.1) is 5.92 Å². The van der Waals surface area contributed by atoms with Gasteiger partial charge >= 0.3 is 0 Å². The van der Waals surface area contributed by atoms with E-state index in [-0.39, 0.29) is 0 Å². The molecule has 0 N–H and O–H groups in total. The Labute approximate surface area is 102 Å². The number of rotatable bonds is 11. The van der Waals surface area contributed by atoms with Crippen LogP contribution in [0.3, 0.4) is 0 Å². The lowest BCUT2D eigenvalue weighted by atomic mass is 9.94. The second kappa shape index (κ2) is 11.4. The van der Waals surface area contributed by atoms with E-state index >= 15 is 0 Å². The highest BCUT2D eigenvalue weighted by Crippen LogP contribution is 2.19. The summed E-state index contributed by atoms with van der Waals surface area (Å²) in [6, 6.07) is 0. The molecule has 0 fully saturated rings. The molecule has 2 nitrogen and oxygen atoms in total. The third-order valence-corrected chi connectivity index (χ3v) is 3.29. The first kappa shape index (κ1) is 15.9. The van der Waals surface area contributed by atoms with E-state index in [4.69, 9.17) is 9.47 Å². The molecule has 0 aromatic carbocycles. The van der Waals surface area contributed by atoms with Crippen LogP contribution in [-0.2, 0) is 9.47 Å². The zero-order valence-corrected chi connectivity index (χ0v) is 11.6. The summed E-state index contributed by atoms with van der Waals surface area (Å²) in [5.41, 5.74) is 0. The van der Waals surface area contributed by atoms with Gasteiger partial charge < -0.3 is 9.47 Å². The maximum Gasteiger partial charge on any atom is 0.0618 e. The summed E-state index contributed by atoms with van der Waals surface area (Å²) in [6.45, 7) is 5.28. The fourth-order valence-corrected chi connectivity index (χ4v) is 2.29. The van der Waals surface area contributed by atoms with Crippen molar-refractivity contribution < 1.29 is 9.47 Å². The molecule has 2 atom stereocenters. The molecular formula is C14H30O2. The number of methoxy groups -OCH3 is 2. The lowest BCUT2D eigenvalue weighted by molar-refractivity contribution is 0.00784. The van der Waals surface area contributed by atoms with E-state index in [0.29, 0.717) is 12.0 Å². The topological polar surface area (TPSA) is 18.5 Å². The molecule has 0 radical (unpaired) electrons. The van der Waals surface area contributed by atoms with Gasteiger partial charge in [-0.05, 0) is 12.8 Å². The molecule has 16 heavy (non-hydrogen) atoms. The second-order valence-electron chi connectivity index (χ2n) is 4.60. The van der Waals surface area contributed by atoms with Crippen LogP contribution in [0.5, 0.6) is 0 Å². The maximum absolute atomic E-state index is 5.51. The van der Waals surface area contributed by atoms with Gasteiger partial charge in [0, 0.05) is 20.1 Å². The Morgan fingerprint density at radius 3 is 2.12 bits per heavy atom. The predicted molar refractivity (Wildman–Crippen MR) is 69.8 cm³/mol. The summed E-state index contributed by atoms with van der Waals surface area (Å²) in [5.74, 6) is 0.571. The Hall–Kier alpha value is -0.0800. The molecule has 2 heteroatoms. The zero-order valence-electron chi connectivity index (χ0n) is 11.6. The normalized spacial score (nSPS) is 15.0. The SMILES string of the molecule is CCCCCCCC(COC)C(CC)OC. The molecule has 0 saturated carbocycles. The van der Waals surface area contributed by atoms with E-state index in [1.54, 1.807) is 7.11 Å². The third kappa shape index (κ3) is 7.24. The van der Waals surface area contributed by atoms with Gasteiger partial charge in [0.25, 0.3) is 0 Å². The highest BCUT2D eigenvalue weighted by molar-refractivity contribution is 4.69. The average molecular weight is 230 g/mol. The van der Waals surface area contributed by atoms with Crippen molar-refractivity contribution in [1.82, 2.24) is 0 Å². The lowest BCUT2D eigenvalue weighted by Crippen LogP contribution is -2.26. The van der Waals surface area contributed by atoms with Gasteiger partial charge in [0.1, 0.15) is 0 Å². The summed E-state index contributed by atoms with van der Waals surface area (Å²) >= 11 is 0. The highest BCUT2D eigenvalue weighted by atomic mass is 16.5. The lowest BCUT2D eigenvalue weighted by Gasteiger charge is -2.24. The third-order valence-electron chi connectivity index (χ3n) is 3.29. The number of ether oxygens (including phenoxy) is 2. The van der Waals surface area contributed by atoms with Gasteiger partial charge in [-0.1, -0.05) is 46.0 Å². The van der Waals surface area contributed by atoms with Crippen molar-refractivity contribution in [3.05, 3.63) is 0 Å². The number of hydrogen-bond acceptors (Lipinski definition) is 2. The zero-order chi connectivity index (χ0) is 12.2. The van der Waals surface area contributed by atoms with Crippen LogP contribution in [0.1, 0.15) is 58.8 Å². The van der Waals surface area contributed by atoms with E-state index in [1.807, 2.05) is 7.11 Å². The summed E-state index contributed by atoms with van der Waals surface area (Å²) < 4.78 is 10.8. The minimum atomic E-state index is 0.367. The standard InChI is InChI=1S/C14H30O2/c1-5-7-8-9-10-11-13(12-15-3)14(6-2)16-4/h13-14H,5-12H2,1-4H3. The summed E-state index contributed by atoms with van der Waals surface area (Å²) in [6.07, 6.45) is 9.42. The van der Waals surface area contributed by atoms with Crippen LogP contribution in [0.4, 0.5) is 0 Å². The summed E-state index contributed by atoms with van der Waals surface area (Å²) in [5, 5.41) is 0. The summed E-state index contributed by atoms with van der Waals surface area (Å²) in [4.78, 5) is 0. The maximum atomic E-state index is 5.51. The van der Waals surface area contributed by atoms with E-state index in [2.05, 4.69) is 13.8 Å². The molecule has 0 aliphatic carbocycles. The van der Waals surface area contributed by atoms with Crippen LogP contribution >= 0.6 is 0 Å². The van der Waals surface area contributed by atoms with Crippen LogP contribution in [0.15, 0.2) is 0 Å². The second-order valence-corrected chi connectivity index (χ2v) is 4.60. The summed E-state index contributed by atoms with van der Waals surface area (Å²) in [7, 11) is 3.60. The molecule has 0 rings (SSSR count). The van der Waals surface area contributed by atoms with Crippen LogP contribution in [-0.4, -0.2) is 26.9 Å². The fourth-order valence-electron chi connectivity index (χ4n) is 2.29. The van der Waals surface area contributed by atoms with E-state index in [1.165, 1.54) is 38.5 Å². The Kier molecular flexibility index (Phi) is 11.3. The minimum Gasteiger partial charge on any atom is -0.384 e. The molecule has 98 valence electrons. The van der Waals surface area contributed by atoms with Crippen LogP contribution in [0.25, 0.3) is 0 Å². The molecular weight excluding hydrogens is 200 g/mol. The molecule has 0 amide bonds. The molecule has 0 bridgehead atoms. The molecule has 0 aromatic heterocycles. The van der Waals surface area contributed by atoms with Crippen molar-refractivity contribution in [3.8, 4) is 0 Å². The first-order valence-electron chi connectivity index (χ1n) is 6.81. The van der Waals surface area contributed by atoms with E-state index in [0.717, 1.165) is 13.0 Å². The monoisotopic (exact) mass is 230 g/mol. The van der Waals surface area contributed by atoms with Gasteiger partial charge in [-0.15, -0.1) is 0 Å². The van der Waals surface area contributed by atoms with Gasteiger partial charge in [0.15, 0.2) is 0 Å². The highest BCUT2D eigenvalue weighted by Gasteiger charge is 2.18. The van der Waals surface area contributed by atoms with Crippen LogP contribution in [0.2, 0.25) is 0 Å².